The highest BCUT2D eigenvalue weighted by Gasteiger charge is 2.21. The lowest BCUT2D eigenvalue weighted by atomic mass is 10.2. The second-order valence-corrected chi connectivity index (χ2v) is 9.49. The van der Waals surface area contributed by atoms with Gasteiger partial charge in [0.25, 0.3) is 0 Å². The van der Waals surface area contributed by atoms with Crippen molar-refractivity contribution < 1.29 is 14.3 Å². The number of thioether (sulfide) groups is 1. The molecular weight excluding hydrogens is 492 g/mol. The van der Waals surface area contributed by atoms with E-state index in [1.54, 1.807) is 7.11 Å². The third-order valence-corrected chi connectivity index (χ3v) is 5.93. The minimum absolute atomic E-state index is 0.101. The van der Waals surface area contributed by atoms with Crippen molar-refractivity contribution in [1.29, 1.82) is 0 Å². The van der Waals surface area contributed by atoms with Crippen molar-refractivity contribution in [3.63, 3.8) is 0 Å². The number of ether oxygens (including phenoxy) is 2. The van der Waals surface area contributed by atoms with Crippen LogP contribution in [0.1, 0.15) is 32.7 Å². The molecule has 0 bridgehead atoms. The quantitative estimate of drug-likeness (QED) is 0.353. The predicted octanol–water partition coefficient (Wildman–Crippen LogP) is 5.58. The highest BCUT2D eigenvalue weighted by Crippen LogP contribution is 2.27. The van der Waals surface area contributed by atoms with Gasteiger partial charge >= 0.3 is 0 Å². The lowest BCUT2D eigenvalue weighted by Crippen LogP contribution is -2.17. The summed E-state index contributed by atoms with van der Waals surface area (Å²) in [6.45, 7) is 6.94. The molecule has 0 aliphatic rings. The van der Waals surface area contributed by atoms with Crippen LogP contribution < -0.4 is 14.8 Å². The highest BCUT2D eigenvalue weighted by molar-refractivity contribution is 9.10. The summed E-state index contributed by atoms with van der Waals surface area (Å²) in [6, 6.07) is 14.9. The van der Waals surface area contributed by atoms with Crippen molar-refractivity contribution >= 4 is 39.3 Å². The van der Waals surface area contributed by atoms with Gasteiger partial charge in [-0.15, -0.1) is 10.2 Å². The van der Waals surface area contributed by atoms with E-state index in [-0.39, 0.29) is 17.8 Å². The molecule has 7 nitrogen and oxygen atoms in total. The fourth-order valence-electron chi connectivity index (χ4n) is 3.05. The van der Waals surface area contributed by atoms with Crippen molar-refractivity contribution in [2.24, 2.45) is 5.92 Å². The fraction of sp³-hybridized carbons (Fsp3) is 0.348. The number of aromatic nitrogens is 3. The molecule has 1 atom stereocenters. The number of rotatable bonds is 10. The second kappa shape index (κ2) is 11.4. The van der Waals surface area contributed by atoms with Crippen molar-refractivity contribution in [3.05, 3.63) is 58.8 Å². The molecular formula is C23H27BrN4O3S. The first-order valence-electron chi connectivity index (χ1n) is 10.3. The number of nitrogens with zero attached hydrogens (tertiary/aromatic N) is 3. The van der Waals surface area contributed by atoms with Crippen LogP contribution >= 0.6 is 27.7 Å². The minimum Gasteiger partial charge on any atom is -0.497 e. The Bertz CT molecular complexity index is 1040. The summed E-state index contributed by atoms with van der Waals surface area (Å²) >= 11 is 4.77. The molecule has 0 saturated heterocycles. The number of methoxy groups -OCH3 is 1. The normalized spacial score (nSPS) is 11.9. The van der Waals surface area contributed by atoms with E-state index >= 15 is 0 Å². The monoisotopic (exact) mass is 518 g/mol. The van der Waals surface area contributed by atoms with Crippen LogP contribution in [0, 0.1) is 5.92 Å². The molecule has 9 heteroatoms. The zero-order valence-electron chi connectivity index (χ0n) is 18.5. The summed E-state index contributed by atoms with van der Waals surface area (Å²) in [5.41, 5.74) is 0.746. The second-order valence-electron chi connectivity index (χ2n) is 7.63. The van der Waals surface area contributed by atoms with Gasteiger partial charge in [-0.1, -0.05) is 47.6 Å². The number of carbonyl (C=O) groups excluding carboxylic acids is 1. The van der Waals surface area contributed by atoms with Crippen LogP contribution in [0.5, 0.6) is 11.5 Å². The SMILES string of the molecule is COc1ccc(OC(C)c2nnc(SCC(=O)Nc3cccc(Br)c3)n2CC(C)C)cc1. The third kappa shape index (κ3) is 6.74. The van der Waals surface area contributed by atoms with Gasteiger partial charge in [-0.3, -0.25) is 4.79 Å². The Morgan fingerprint density at radius 2 is 1.84 bits per heavy atom. The van der Waals surface area contributed by atoms with Gasteiger partial charge in [0.15, 0.2) is 17.1 Å². The van der Waals surface area contributed by atoms with E-state index in [0.717, 1.165) is 34.0 Å². The van der Waals surface area contributed by atoms with Gasteiger partial charge in [0.2, 0.25) is 5.91 Å². The van der Waals surface area contributed by atoms with E-state index in [0.29, 0.717) is 11.1 Å². The molecule has 0 aliphatic carbocycles. The maximum Gasteiger partial charge on any atom is 0.234 e. The van der Waals surface area contributed by atoms with E-state index in [1.165, 1.54) is 11.8 Å². The molecule has 0 radical (unpaired) electrons. The van der Waals surface area contributed by atoms with Gasteiger partial charge in [0, 0.05) is 16.7 Å². The smallest absolute Gasteiger partial charge is 0.234 e. The molecule has 0 fully saturated rings. The van der Waals surface area contributed by atoms with Gasteiger partial charge in [0.05, 0.1) is 12.9 Å². The van der Waals surface area contributed by atoms with Crippen LogP contribution in [0.15, 0.2) is 58.2 Å². The number of anilines is 1. The van der Waals surface area contributed by atoms with Gasteiger partial charge in [-0.05, 0) is 55.3 Å². The number of nitrogens with one attached hydrogen (secondary N) is 1. The molecule has 1 amide bonds. The summed E-state index contributed by atoms with van der Waals surface area (Å²) in [6.07, 6.45) is -0.306. The van der Waals surface area contributed by atoms with Gasteiger partial charge in [-0.2, -0.15) is 0 Å². The third-order valence-electron chi connectivity index (χ3n) is 4.47. The molecule has 2 aromatic carbocycles. The molecule has 3 aromatic rings. The number of halogens is 1. The minimum atomic E-state index is -0.306. The Labute approximate surface area is 201 Å². The molecule has 1 N–H and O–H groups in total. The van der Waals surface area contributed by atoms with Crippen LogP contribution in [-0.2, 0) is 11.3 Å². The van der Waals surface area contributed by atoms with E-state index < -0.39 is 0 Å². The largest absolute Gasteiger partial charge is 0.497 e. The first kappa shape index (κ1) is 24.1. The molecule has 0 saturated carbocycles. The van der Waals surface area contributed by atoms with Crippen LogP contribution in [0.3, 0.4) is 0 Å². The van der Waals surface area contributed by atoms with Crippen LogP contribution in [0.25, 0.3) is 0 Å². The Kier molecular flexibility index (Phi) is 8.58. The molecule has 3 rings (SSSR count). The average Bonchev–Trinajstić information content (AvgIpc) is 3.14. The first-order chi connectivity index (χ1) is 15.4. The summed E-state index contributed by atoms with van der Waals surface area (Å²) in [4.78, 5) is 12.4. The van der Waals surface area contributed by atoms with Crippen LogP contribution in [0.2, 0.25) is 0 Å². The number of hydrogen-bond acceptors (Lipinski definition) is 6. The zero-order valence-corrected chi connectivity index (χ0v) is 20.9. The van der Waals surface area contributed by atoms with Crippen molar-refractivity contribution in [2.75, 3.05) is 18.2 Å². The topological polar surface area (TPSA) is 78.3 Å². The Hall–Kier alpha value is -2.52. The van der Waals surface area contributed by atoms with Gasteiger partial charge in [0.1, 0.15) is 11.5 Å². The Morgan fingerprint density at radius 1 is 1.12 bits per heavy atom. The van der Waals surface area contributed by atoms with Crippen LogP contribution in [0.4, 0.5) is 5.69 Å². The summed E-state index contributed by atoms with van der Waals surface area (Å²) in [5, 5.41) is 12.3. The lowest BCUT2D eigenvalue weighted by molar-refractivity contribution is -0.113. The van der Waals surface area contributed by atoms with Gasteiger partial charge < -0.3 is 19.4 Å². The van der Waals surface area contributed by atoms with E-state index in [4.69, 9.17) is 9.47 Å². The molecule has 32 heavy (non-hydrogen) atoms. The van der Waals surface area contributed by atoms with Gasteiger partial charge in [-0.25, -0.2) is 0 Å². The average molecular weight is 519 g/mol. The molecule has 0 spiro atoms. The first-order valence-corrected chi connectivity index (χ1v) is 12.1. The molecule has 1 unspecified atom stereocenters. The maximum absolute atomic E-state index is 12.4. The van der Waals surface area contributed by atoms with Crippen LogP contribution in [-0.4, -0.2) is 33.5 Å². The number of hydrogen-bond donors (Lipinski definition) is 1. The zero-order chi connectivity index (χ0) is 23.1. The summed E-state index contributed by atoms with van der Waals surface area (Å²) in [7, 11) is 1.63. The number of carbonyl (C=O) groups is 1. The number of amides is 1. The lowest BCUT2D eigenvalue weighted by Gasteiger charge is -2.18. The van der Waals surface area contributed by atoms with Crippen molar-refractivity contribution in [3.8, 4) is 11.5 Å². The van der Waals surface area contributed by atoms with E-state index in [9.17, 15) is 4.79 Å². The molecule has 170 valence electrons. The molecule has 1 heterocycles. The highest BCUT2D eigenvalue weighted by atomic mass is 79.9. The summed E-state index contributed by atoms with van der Waals surface area (Å²) < 4.78 is 14.2. The van der Waals surface area contributed by atoms with Crippen molar-refractivity contribution in [1.82, 2.24) is 14.8 Å². The molecule has 0 aliphatic heterocycles. The Morgan fingerprint density at radius 3 is 2.50 bits per heavy atom. The summed E-state index contributed by atoms with van der Waals surface area (Å²) in [5.74, 6) is 2.73. The Balaban J connectivity index is 1.68. The standard InChI is InChI=1S/C23H27BrN4O3S/c1-15(2)13-28-22(16(3)31-20-10-8-19(30-4)9-11-20)26-27-23(28)32-14-21(29)25-18-7-5-6-17(24)12-18/h5-12,15-16H,13-14H2,1-4H3,(H,25,29). The van der Waals surface area contributed by atoms with E-state index in [2.05, 4.69) is 45.3 Å². The predicted molar refractivity (Wildman–Crippen MR) is 130 cm³/mol. The maximum atomic E-state index is 12.4. The van der Waals surface area contributed by atoms with E-state index in [1.807, 2.05) is 60.0 Å². The fourth-order valence-corrected chi connectivity index (χ4v) is 4.20. The molecule has 1 aromatic heterocycles. The van der Waals surface area contributed by atoms with Crippen molar-refractivity contribution in [2.45, 2.75) is 38.6 Å². The number of benzene rings is 2.